The van der Waals surface area contributed by atoms with Crippen LogP contribution in [0, 0.1) is 5.82 Å². The zero-order chi connectivity index (χ0) is 14.1. The summed E-state index contributed by atoms with van der Waals surface area (Å²) in [6.07, 6.45) is 0. The van der Waals surface area contributed by atoms with Crippen LogP contribution >= 0.6 is 47.8 Å². The summed E-state index contributed by atoms with van der Waals surface area (Å²) >= 11 is 9.73. The van der Waals surface area contributed by atoms with Crippen LogP contribution in [-0.2, 0) is 4.74 Å². The summed E-state index contributed by atoms with van der Waals surface area (Å²) in [7, 11) is 0. The van der Waals surface area contributed by atoms with Crippen molar-refractivity contribution in [1.29, 1.82) is 0 Å². The topological polar surface area (TPSA) is 26.3 Å². The summed E-state index contributed by atoms with van der Waals surface area (Å²) in [5.74, 6) is -0.915. The third kappa shape index (κ3) is 4.31. The van der Waals surface area contributed by atoms with Gasteiger partial charge in [0, 0.05) is 4.47 Å². The van der Waals surface area contributed by atoms with E-state index in [1.54, 1.807) is 20.8 Å². The van der Waals surface area contributed by atoms with Crippen LogP contribution in [0.5, 0.6) is 0 Å². The molecule has 0 fully saturated rings. The lowest BCUT2D eigenvalue weighted by atomic mass is 10.1. The van der Waals surface area contributed by atoms with Crippen LogP contribution in [0.3, 0.4) is 0 Å². The smallest absolute Gasteiger partial charge is 0.340 e. The average molecular weight is 447 g/mol. The van der Waals surface area contributed by atoms with Crippen LogP contribution < -0.4 is 0 Å². The Morgan fingerprint density at radius 1 is 1.33 bits per heavy atom. The predicted molar refractivity (Wildman–Crippen MR) is 79.9 cm³/mol. The van der Waals surface area contributed by atoms with Crippen LogP contribution in [0.4, 0.5) is 4.39 Å². The van der Waals surface area contributed by atoms with Crippen LogP contribution in [0.2, 0.25) is 0 Å². The van der Waals surface area contributed by atoms with Gasteiger partial charge in [0.2, 0.25) is 0 Å². The lowest BCUT2D eigenvalue weighted by Gasteiger charge is -2.21. The molecule has 0 aromatic heterocycles. The van der Waals surface area contributed by atoms with Gasteiger partial charge in [-0.05, 0) is 54.4 Å². The Balaban J connectivity index is 3.26. The maximum Gasteiger partial charge on any atom is 0.340 e. The van der Waals surface area contributed by atoms with Crippen molar-refractivity contribution in [3.63, 3.8) is 0 Å². The SMILES string of the molecule is CC(C)(C)OC(=O)c1c(Br)cc(F)cc1C(Br)Br. The van der Waals surface area contributed by atoms with E-state index < -0.39 is 17.4 Å². The number of esters is 1. The van der Waals surface area contributed by atoms with Crippen molar-refractivity contribution in [2.75, 3.05) is 0 Å². The van der Waals surface area contributed by atoms with Crippen LogP contribution in [0.25, 0.3) is 0 Å². The summed E-state index contributed by atoms with van der Waals surface area (Å²) in [5, 5.41) is 0. The second-order valence-corrected chi connectivity index (χ2v) is 8.57. The fourth-order valence-corrected chi connectivity index (χ4v) is 2.64. The molecule has 0 aliphatic rings. The van der Waals surface area contributed by atoms with E-state index >= 15 is 0 Å². The van der Waals surface area contributed by atoms with Crippen molar-refractivity contribution in [3.05, 3.63) is 33.5 Å². The Hall–Kier alpha value is 0.0600. The Morgan fingerprint density at radius 3 is 2.33 bits per heavy atom. The van der Waals surface area contributed by atoms with Gasteiger partial charge in [-0.3, -0.25) is 0 Å². The third-order valence-electron chi connectivity index (χ3n) is 1.92. The van der Waals surface area contributed by atoms with Crippen molar-refractivity contribution in [2.24, 2.45) is 0 Å². The van der Waals surface area contributed by atoms with E-state index in [0.29, 0.717) is 15.6 Å². The molecule has 0 atom stereocenters. The van der Waals surface area contributed by atoms with Crippen LogP contribution in [0.15, 0.2) is 16.6 Å². The molecule has 0 aliphatic heterocycles. The zero-order valence-corrected chi connectivity index (χ0v) is 14.8. The van der Waals surface area contributed by atoms with E-state index in [-0.39, 0.29) is 3.74 Å². The average Bonchev–Trinajstić information content (AvgIpc) is 2.12. The zero-order valence-electron chi connectivity index (χ0n) is 10.1. The number of ether oxygens (including phenoxy) is 1. The first kappa shape index (κ1) is 16.1. The number of hydrogen-bond acceptors (Lipinski definition) is 2. The van der Waals surface area contributed by atoms with E-state index in [0.717, 1.165) is 0 Å². The van der Waals surface area contributed by atoms with Crippen LogP contribution in [-0.4, -0.2) is 11.6 Å². The van der Waals surface area contributed by atoms with Gasteiger partial charge in [0.15, 0.2) is 0 Å². The van der Waals surface area contributed by atoms with Gasteiger partial charge in [0.05, 0.1) is 9.30 Å². The van der Waals surface area contributed by atoms with E-state index in [2.05, 4.69) is 47.8 Å². The maximum atomic E-state index is 13.3. The van der Waals surface area contributed by atoms with Gasteiger partial charge in [-0.15, -0.1) is 0 Å². The molecular weight excluding hydrogens is 435 g/mol. The van der Waals surface area contributed by atoms with Gasteiger partial charge in [0.25, 0.3) is 0 Å². The number of carbonyl (C=O) groups is 1. The molecule has 0 unspecified atom stereocenters. The van der Waals surface area contributed by atoms with Gasteiger partial charge in [-0.25, -0.2) is 9.18 Å². The van der Waals surface area contributed by atoms with E-state index in [9.17, 15) is 9.18 Å². The molecular formula is C12H12Br3FO2. The van der Waals surface area contributed by atoms with Gasteiger partial charge in [0.1, 0.15) is 11.4 Å². The Labute approximate surface area is 131 Å². The minimum Gasteiger partial charge on any atom is -0.456 e. The van der Waals surface area contributed by atoms with Gasteiger partial charge in [-0.1, -0.05) is 31.9 Å². The maximum absolute atomic E-state index is 13.3. The predicted octanol–water partition coefficient (Wildman–Crippen LogP) is 5.33. The minimum absolute atomic E-state index is 0.310. The first-order valence-corrected chi connectivity index (χ1v) is 7.74. The molecule has 0 saturated carbocycles. The number of benzene rings is 1. The highest BCUT2D eigenvalue weighted by atomic mass is 79.9. The van der Waals surface area contributed by atoms with Gasteiger partial charge < -0.3 is 4.74 Å². The number of carbonyl (C=O) groups excluding carboxylic acids is 1. The molecule has 2 nitrogen and oxygen atoms in total. The summed E-state index contributed by atoms with van der Waals surface area (Å²) in [6.45, 7) is 5.34. The largest absolute Gasteiger partial charge is 0.456 e. The molecule has 18 heavy (non-hydrogen) atoms. The molecule has 0 N–H and O–H groups in total. The highest BCUT2D eigenvalue weighted by Gasteiger charge is 2.25. The number of hydrogen-bond donors (Lipinski definition) is 0. The molecule has 0 radical (unpaired) electrons. The summed E-state index contributed by atoms with van der Waals surface area (Å²) < 4.78 is 18.7. The Kier molecular flexibility index (Phi) is 5.38. The second-order valence-electron chi connectivity index (χ2n) is 4.65. The van der Waals surface area contributed by atoms with E-state index in [1.807, 2.05) is 0 Å². The first-order valence-electron chi connectivity index (χ1n) is 5.12. The molecule has 6 heteroatoms. The fourth-order valence-electron chi connectivity index (χ4n) is 1.31. The molecule has 1 rings (SSSR count). The minimum atomic E-state index is -0.601. The standard InChI is InChI=1S/C12H12Br3FO2/c1-12(2,3)18-11(17)9-7(10(14)15)4-6(16)5-8(9)13/h4-5,10H,1-3H3. The van der Waals surface area contributed by atoms with Gasteiger partial charge >= 0.3 is 5.97 Å². The van der Waals surface area contributed by atoms with Crippen molar-refractivity contribution >= 4 is 53.8 Å². The van der Waals surface area contributed by atoms with Crippen molar-refractivity contribution < 1.29 is 13.9 Å². The molecule has 0 saturated heterocycles. The van der Waals surface area contributed by atoms with Crippen LogP contribution in [0.1, 0.15) is 40.4 Å². The number of alkyl halides is 2. The fraction of sp³-hybridized carbons (Fsp3) is 0.417. The third-order valence-corrected chi connectivity index (χ3v) is 3.54. The molecule has 0 amide bonds. The molecule has 0 aliphatic carbocycles. The Morgan fingerprint density at radius 2 is 1.89 bits per heavy atom. The molecule has 1 aromatic rings. The summed E-state index contributed by atoms with van der Waals surface area (Å²) in [6, 6.07) is 2.53. The highest BCUT2D eigenvalue weighted by Crippen LogP contribution is 2.36. The van der Waals surface area contributed by atoms with Gasteiger partial charge in [-0.2, -0.15) is 0 Å². The molecule has 1 aromatic carbocycles. The molecule has 0 heterocycles. The summed E-state index contributed by atoms with van der Waals surface area (Å²) in [5.41, 5.74) is 0.192. The quantitative estimate of drug-likeness (QED) is 0.453. The first-order chi connectivity index (χ1) is 8.11. The second kappa shape index (κ2) is 6.01. The highest BCUT2D eigenvalue weighted by molar-refractivity contribution is 9.24. The number of rotatable bonds is 2. The van der Waals surface area contributed by atoms with Crippen molar-refractivity contribution in [2.45, 2.75) is 30.1 Å². The van der Waals surface area contributed by atoms with E-state index in [4.69, 9.17) is 4.74 Å². The number of halogens is 4. The Bertz CT molecular complexity index is 467. The lowest BCUT2D eigenvalue weighted by Crippen LogP contribution is -2.25. The van der Waals surface area contributed by atoms with Crippen molar-refractivity contribution in [3.8, 4) is 0 Å². The normalized spacial score (nSPS) is 11.8. The monoisotopic (exact) mass is 444 g/mol. The summed E-state index contributed by atoms with van der Waals surface area (Å²) in [4.78, 5) is 12.1. The lowest BCUT2D eigenvalue weighted by molar-refractivity contribution is 0.00675. The molecule has 0 bridgehead atoms. The molecule has 0 spiro atoms. The van der Waals surface area contributed by atoms with E-state index in [1.165, 1.54) is 12.1 Å². The molecule has 100 valence electrons. The van der Waals surface area contributed by atoms with Crippen molar-refractivity contribution in [1.82, 2.24) is 0 Å².